The van der Waals surface area contributed by atoms with Crippen LogP contribution in [0.15, 0.2) is 29.8 Å². The molecule has 0 N–H and O–H groups in total. The number of rotatable bonds is 0. The first-order valence-electron chi connectivity index (χ1n) is 3.45. The Kier molecular flexibility index (Phi) is 3.44. The van der Waals surface area contributed by atoms with Gasteiger partial charge < -0.3 is 0 Å². The van der Waals surface area contributed by atoms with Gasteiger partial charge in [0.05, 0.1) is 15.7 Å². The Morgan fingerprint density at radius 3 is 2.46 bits per heavy atom. The highest BCUT2D eigenvalue weighted by molar-refractivity contribution is 7.16. The number of thiazole rings is 1. The van der Waals surface area contributed by atoms with Gasteiger partial charge in [-0.05, 0) is 12.1 Å². The van der Waals surface area contributed by atoms with Gasteiger partial charge in [-0.25, -0.2) is 4.98 Å². The Hall–Kier alpha value is -1.91. The maximum absolute atomic E-state index is 7.26. The van der Waals surface area contributed by atoms with E-state index in [1.807, 2.05) is 23.7 Å². The molecule has 2 aromatic rings. The summed E-state index contributed by atoms with van der Waals surface area (Å²) in [6.07, 6.45) is 0. The molecule has 0 spiro atoms. The lowest BCUT2D eigenvalue weighted by Gasteiger charge is -1.80. The summed E-state index contributed by atoms with van der Waals surface area (Å²) in [5.41, 5.74) is 2.97. The van der Waals surface area contributed by atoms with Gasteiger partial charge in [0.2, 0.25) is 0 Å². The molecule has 0 amide bonds. The first-order chi connectivity index (χ1) is 6.38. The zero-order chi connectivity index (χ0) is 9.52. The molecule has 2 rings (SSSR count). The largest absolute Gasteiger partial charge is 0.245 e. The van der Waals surface area contributed by atoms with Crippen LogP contribution in [-0.2, 0) is 0 Å². The molecule has 1 heterocycles. The fourth-order valence-corrected chi connectivity index (χ4v) is 1.48. The molecule has 0 bridgehead atoms. The second kappa shape index (κ2) is 4.87. The first-order valence-corrected chi connectivity index (χ1v) is 4.33. The van der Waals surface area contributed by atoms with Crippen LogP contribution in [-0.4, -0.2) is 4.98 Å². The predicted octanol–water partition coefficient (Wildman–Crippen LogP) is 2.33. The Morgan fingerprint density at radius 1 is 1.15 bits per heavy atom. The van der Waals surface area contributed by atoms with Gasteiger partial charge in [0.1, 0.15) is 0 Å². The van der Waals surface area contributed by atoms with Crippen molar-refractivity contribution in [1.29, 1.82) is 10.5 Å². The molecule has 0 saturated carbocycles. The van der Waals surface area contributed by atoms with Gasteiger partial charge >= 0.3 is 0 Å². The van der Waals surface area contributed by atoms with E-state index in [1.165, 1.54) is 16.8 Å². The molecule has 0 radical (unpaired) electrons. The van der Waals surface area contributed by atoms with E-state index in [-0.39, 0.29) is 0 Å². The summed E-state index contributed by atoms with van der Waals surface area (Å²) in [6, 6.07) is 10.6. The SMILES string of the molecule is N#CC#N.c1ccc2scnc2c1. The van der Waals surface area contributed by atoms with Gasteiger partial charge in [0.15, 0.2) is 12.1 Å². The monoisotopic (exact) mass is 187 g/mol. The van der Waals surface area contributed by atoms with E-state index in [4.69, 9.17) is 10.5 Å². The molecule has 13 heavy (non-hydrogen) atoms. The average Bonchev–Trinajstić information content (AvgIpc) is 2.66. The lowest BCUT2D eigenvalue weighted by molar-refractivity contribution is 1.49. The number of aromatic nitrogens is 1. The van der Waals surface area contributed by atoms with Crippen molar-refractivity contribution < 1.29 is 0 Å². The Morgan fingerprint density at radius 2 is 1.85 bits per heavy atom. The van der Waals surface area contributed by atoms with Crippen LogP contribution in [0.5, 0.6) is 0 Å². The summed E-state index contributed by atoms with van der Waals surface area (Å²) in [5, 5.41) is 14.5. The van der Waals surface area contributed by atoms with Gasteiger partial charge in [-0.2, -0.15) is 10.5 Å². The second-order valence-corrected chi connectivity index (χ2v) is 2.93. The van der Waals surface area contributed by atoms with Crippen molar-refractivity contribution in [2.45, 2.75) is 0 Å². The zero-order valence-electron chi connectivity index (χ0n) is 6.64. The summed E-state index contributed by atoms with van der Waals surface area (Å²) in [6.45, 7) is 0. The van der Waals surface area contributed by atoms with E-state index in [0.29, 0.717) is 0 Å². The Balaban J connectivity index is 0.000000184. The summed E-state index contributed by atoms with van der Waals surface area (Å²) in [5.74, 6) is 0. The van der Waals surface area contributed by atoms with Crippen LogP contribution in [0.4, 0.5) is 0 Å². The van der Waals surface area contributed by atoms with Crippen molar-refractivity contribution in [3.05, 3.63) is 29.8 Å². The fourth-order valence-electron chi connectivity index (χ4n) is 0.803. The molecule has 1 aromatic carbocycles. The minimum absolute atomic E-state index is 1.10. The summed E-state index contributed by atoms with van der Waals surface area (Å²) >= 11 is 1.68. The summed E-state index contributed by atoms with van der Waals surface area (Å²) in [7, 11) is 0. The highest BCUT2D eigenvalue weighted by Gasteiger charge is 1.89. The molecule has 0 fully saturated rings. The fraction of sp³-hybridized carbons (Fsp3) is 0. The topological polar surface area (TPSA) is 60.5 Å². The number of nitriles is 2. The number of hydrogen-bond donors (Lipinski definition) is 0. The van der Waals surface area contributed by atoms with Crippen molar-refractivity contribution in [2.75, 3.05) is 0 Å². The zero-order valence-corrected chi connectivity index (χ0v) is 7.45. The van der Waals surface area contributed by atoms with Gasteiger partial charge in [-0.15, -0.1) is 11.3 Å². The van der Waals surface area contributed by atoms with E-state index in [0.717, 1.165) is 5.52 Å². The van der Waals surface area contributed by atoms with Crippen LogP contribution in [0.2, 0.25) is 0 Å². The van der Waals surface area contributed by atoms with Gasteiger partial charge in [-0.1, -0.05) is 12.1 Å². The molecule has 1 aromatic heterocycles. The number of fused-ring (bicyclic) bond motifs is 1. The molecule has 62 valence electrons. The van der Waals surface area contributed by atoms with E-state index in [2.05, 4.69) is 11.1 Å². The van der Waals surface area contributed by atoms with Crippen LogP contribution in [0, 0.1) is 22.7 Å². The van der Waals surface area contributed by atoms with Crippen LogP contribution >= 0.6 is 11.3 Å². The van der Waals surface area contributed by atoms with Crippen molar-refractivity contribution >= 4 is 21.6 Å². The average molecular weight is 187 g/mol. The van der Waals surface area contributed by atoms with Crippen molar-refractivity contribution in [2.24, 2.45) is 0 Å². The Labute approximate surface area is 79.5 Å². The molecule has 0 atom stereocenters. The van der Waals surface area contributed by atoms with Crippen LogP contribution in [0.1, 0.15) is 0 Å². The van der Waals surface area contributed by atoms with Crippen LogP contribution in [0.25, 0.3) is 10.2 Å². The highest BCUT2D eigenvalue weighted by atomic mass is 32.1. The maximum Gasteiger partial charge on any atom is 0.181 e. The normalized spacial score (nSPS) is 7.85. The predicted molar refractivity (Wildman–Crippen MR) is 50.8 cm³/mol. The van der Waals surface area contributed by atoms with Crippen molar-refractivity contribution in [3.8, 4) is 12.1 Å². The minimum Gasteiger partial charge on any atom is -0.245 e. The van der Waals surface area contributed by atoms with Crippen molar-refractivity contribution in [3.63, 3.8) is 0 Å². The molecule has 3 nitrogen and oxygen atoms in total. The first kappa shape index (κ1) is 9.18. The van der Waals surface area contributed by atoms with Crippen molar-refractivity contribution in [1.82, 2.24) is 4.98 Å². The molecule has 0 aliphatic carbocycles. The molecule has 0 aliphatic heterocycles. The van der Waals surface area contributed by atoms with Gasteiger partial charge in [0.25, 0.3) is 0 Å². The molecule has 0 aliphatic rings. The molecule has 0 saturated heterocycles. The van der Waals surface area contributed by atoms with E-state index < -0.39 is 0 Å². The second-order valence-electron chi connectivity index (χ2n) is 2.04. The van der Waals surface area contributed by atoms with E-state index in [1.54, 1.807) is 11.3 Å². The standard InChI is InChI=1S/C7H5NS.C2N2/c1-2-4-7-6(3-1)8-5-9-7;3-1-2-4/h1-5H;. The quantitative estimate of drug-likeness (QED) is 0.635. The third-order valence-electron chi connectivity index (χ3n) is 1.29. The third kappa shape index (κ3) is 2.55. The number of hydrogen-bond acceptors (Lipinski definition) is 4. The van der Waals surface area contributed by atoms with E-state index in [9.17, 15) is 0 Å². The lowest BCUT2D eigenvalue weighted by Crippen LogP contribution is -1.61. The van der Waals surface area contributed by atoms with Crippen LogP contribution in [0.3, 0.4) is 0 Å². The third-order valence-corrected chi connectivity index (χ3v) is 2.10. The summed E-state index contributed by atoms with van der Waals surface area (Å²) < 4.78 is 1.26. The smallest absolute Gasteiger partial charge is 0.181 e. The van der Waals surface area contributed by atoms with Gasteiger partial charge in [0, 0.05) is 0 Å². The Bertz CT molecular complexity index is 419. The van der Waals surface area contributed by atoms with Crippen LogP contribution < -0.4 is 0 Å². The van der Waals surface area contributed by atoms with E-state index >= 15 is 0 Å². The number of nitrogens with zero attached hydrogens (tertiary/aromatic N) is 3. The van der Waals surface area contributed by atoms with Gasteiger partial charge in [-0.3, -0.25) is 0 Å². The lowest BCUT2D eigenvalue weighted by atomic mass is 10.3. The molecular weight excluding hydrogens is 182 g/mol. The number of benzene rings is 1. The highest BCUT2D eigenvalue weighted by Crippen LogP contribution is 2.15. The minimum atomic E-state index is 1.10. The molecule has 4 heteroatoms. The maximum atomic E-state index is 7.26. The molecular formula is C9H5N3S. The number of para-hydroxylation sites is 1. The molecule has 0 unspecified atom stereocenters. The summed E-state index contributed by atoms with van der Waals surface area (Å²) in [4.78, 5) is 4.14.